The maximum absolute atomic E-state index is 11.1. The Balaban J connectivity index is 0.000000225. The van der Waals surface area contributed by atoms with Crippen LogP contribution < -0.4 is 16.0 Å². The van der Waals surface area contributed by atoms with Gasteiger partial charge in [0.2, 0.25) is 0 Å². The molecule has 1 heterocycles. The Labute approximate surface area is 110 Å². The van der Waals surface area contributed by atoms with Gasteiger partial charge in [-0.1, -0.05) is 0 Å². The lowest BCUT2D eigenvalue weighted by Gasteiger charge is -2.28. The molecule has 0 spiro atoms. The highest BCUT2D eigenvalue weighted by molar-refractivity contribution is 5.68. The van der Waals surface area contributed by atoms with Gasteiger partial charge in [0, 0.05) is 32.2 Å². The summed E-state index contributed by atoms with van der Waals surface area (Å²) in [7, 11) is 0. The van der Waals surface area contributed by atoms with Gasteiger partial charge in [-0.15, -0.1) is 0 Å². The van der Waals surface area contributed by atoms with Gasteiger partial charge in [-0.2, -0.15) is 0 Å². The Morgan fingerprint density at radius 1 is 1.11 bits per heavy atom. The molecule has 1 aliphatic carbocycles. The maximum atomic E-state index is 11.1. The van der Waals surface area contributed by atoms with Gasteiger partial charge in [0.05, 0.1) is 0 Å². The fraction of sp³-hybridized carbons (Fsp3) is 0.923. The minimum atomic E-state index is -0.381. The summed E-state index contributed by atoms with van der Waals surface area (Å²) in [4.78, 5) is 11.1. The first-order valence-electron chi connectivity index (χ1n) is 6.88. The number of rotatable bonds is 1. The van der Waals surface area contributed by atoms with Crippen LogP contribution in [0.3, 0.4) is 0 Å². The monoisotopic (exact) mass is 257 g/mol. The second kappa shape index (κ2) is 7.59. The van der Waals surface area contributed by atoms with Crippen LogP contribution in [-0.2, 0) is 4.74 Å². The van der Waals surface area contributed by atoms with Crippen molar-refractivity contribution in [1.29, 1.82) is 0 Å². The number of ether oxygens (including phenoxy) is 1. The lowest BCUT2D eigenvalue weighted by Crippen LogP contribution is -2.42. The normalized spacial score (nSPS) is 20.2. The number of amides is 1. The van der Waals surface area contributed by atoms with E-state index in [0.717, 1.165) is 39.0 Å². The van der Waals surface area contributed by atoms with Gasteiger partial charge in [-0.05, 0) is 40.0 Å². The summed E-state index contributed by atoms with van der Waals surface area (Å²) in [5.41, 5.74) is -0.381. The van der Waals surface area contributed by atoms with Gasteiger partial charge >= 0.3 is 6.09 Å². The van der Waals surface area contributed by atoms with Crippen molar-refractivity contribution in [3.05, 3.63) is 0 Å². The van der Waals surface area contributed by atoms with E-state index in [1.807, 2.05) is 20.8 Å². The first-order chi connectivity index (χ1) is 8.47. The fourth-order valence-corrected chi connectivity index (χ4v) is 1.63. The molecule has 0 atom stereocenters. The molecule has 18 heavy (non-hydrogen) atoms. The zero-order valence-electron chi connectivity index (χ0n) is 11.8. The van der Waals surface area contributed by atoms with Gasteiger partial charge in [0.15, 0.2) is 0 Å². The van der Waals surface area contributed by atoms with Gasteiger partial charge in [0.25, 0.3) is 0 Å². The molecule has 0 aromatic carbocycles. The lowest BCUT2D eigenvalue weighted by molar-refractivity contribution is 0.0480. The van der Waals surface area contributed by atoms with E-state index in [4.69, 9.17) is 4.74 Å². The number of hydrogen-bond acceptors (Lipinski definition) is 4. The molecule has 1 saturated heterocycles. The topological polar surface area (TPSA) is 62.4 Å². The Bertz CT molecular complexity index is 232. The second-order valence-electron chi connectivity index (χ2n) is 5.77. The number of nitrogens with one attached hydrogen (secondary N) is 3. The predicted molar refractivity (Wildman–Crippen MR) is 72.7 cm³/mol. The van der Waals surface area contributed by atoms with Crippen molar-refractivity contribution in [3.63, 3.8) is 0 Å². The van der Waals surface area contributed by atoms with Crippen LogP contribution in [-0.4, -0.2) is 43.9 Å². The average molecular weight is 257 g/mol. The molecule has 0 unspecified atom stereocenters. The van der Waals surface area contributed by atoms with Crippen LogP contribution in [0.4, 0.5) is 4.79 Å². The Morgan fingerprint density at radius 2 is 1.61 bits per heavy atom. The SMILES string of the molecule is C1CNCCN1.CC(C)(C)OC(=O)NC1CCC1. The minimum Gasteiger partial charge on any atom is -0.444 e. The van der Waals surface area contributed by atoms with Crippen LogP contribution in [0, 0.1) is 0 Å². The van der Waals surface area contributed by atoms with E-state index in [1.54, 1.807) is 0 Å². The van der Waals surface area contributed by atoms with Crippen LogP contribution in [0.15, 0.2) is 0 Å². The van der Waals surface area contributed by atoms with Crippen LogP contribution in [0.25, 0.3) is 0 Å². The smallest absolute Gasteiger partial charge is 0.407 e. The maximum Gasteiger partial charge on any atom is 0.407 e. The molecular formula is C13H27N3O2. The molecule has 2 aliphatic rings. The third kappa shape index (κ3) is 7.50. The van der Waals surface area contributed by atoms with Crippen molar-refractivity contribution >= 4 is 6.09 Å². The summed E-state index contributed by atoms with van der Waals surface area (Å²) in [6.45, 7) is 10.2. The van der Waals surface area contributed by atoms with Crippen LogP contribution in [0.1, 0.15) is 40.0 Å². The van der Waals surface area contributed by atoms with Crippen LogP contribution >= 0.6 is 0 Å². The summed E-state index contributed by atoms with van der Waals surface area (Å²) < 4.78 is 5.09. The standard InChI is InChI=1S/C9H17NO2.C4H10N2/c1-9(2,3)12-8(11)10-7-5-4-6-7;1-2-6-4-3-5-1/h7H,4-6H2,1-3H3,(H,10,11);5-6H,1-4H2. The van der Waals surface area contributed by atoms with Gasteiger partial charge in [-0.3, -0.25) is 0 Å². The highest BCUT2D eigenvalue weighted by atomic mass is 16.6. The molecule has 1 saturated carbocycles. The summed E-state index contributed by atoms with van der Waals surface area (Å²) >= 11 is 0. The highest BCUT2D eigenvalue weighted by Crippen LogP contribution is 2.18. The first-order valence-corrected chi connectivity index (χ1v) is 6.88. The molecule has 5 nitrogen and oxygen atoms in total. The number of alkyl carbamates (subject to hydrolysis) is 1. The fourth-order valence-electron chi connectivity index (χ4n) is 1.63. The summed E-state index contributed by atoms with van der Waals surface area (Å²) in [6, 6.07) is 0.361. The molecule has 0 aromatic rings. The molecule has 2 fully saturated rings. The van der Waals surface area contributed by atoms with Crippen molar-refractivity contribution in [2.24, 2.45) is 0 Å². The Kier molecular flexibility index (Phi) is 6.43. The third-order valence-corrected chi connectivity index (χ3v) is 2.78. The Hall–Kier alpha value is -0.810. The zero-order chi connectivity index (χ0) is 13.4. The summed E-state index contributed by atoms with van der Waals surface area (Å²) in [5, 5.41) is 9.26. The van der Waals surface area contributed by atoms with Gasteiger partial charge in [-0.25, -0.2) is 4.79 Å². The quantitative estimate of drug-likeness (QED) is 0.661. The van der Waals surface area contributed by atoms with E-state index in [-0.39, 0.29) is 11.7 Å². The zero-order valence-corrected chi connectivity index (χ0v) is 11.8. The first kappa shape index (κ1) is 15.2. The van der Waals surface area contributed by atoms with Crippen molar-refractivity contribution in [1.82, 2.24) is 16.0 Å². The van der Waals surface area contributed by atoms with Crippen LogP contribution in [0.2, 0.25) is 0 Å². The van der Waals surface area contributed by atoms with Gasteiger partial charge < -0.3 is 20.7 Å². The third-order valence-electron chi connectivity index (χ3n) is 2.78. The summed E-state index contributed by atoms with van der Waals surface area (Å²) in [6.07, 6.45) is 3.13. The Morgan fingerprint density at radius 3 is 1.89 bits per heavy atom. The van der Waals surface area contributed by atoms with E-state index in [0.29, 0.717) is 6.04 Å². The molecule has 3 N–H and O–H groups in total. The highest BCUT2D eigenvalue weighted by Gasteiger charge is 2.22. The van der Waals surface area contributed by atoms with E-state index in [1.165, 1.54) is 6.42 Å². The van der Waals surface area contributed by atoms with E-state index < -0.39 is 0 Å². The molecule has 0 aromatic heterocycles. The molecule has 2 rings (SSSR count). The number of carbonyl (C=O) groups excluding carboxylic acids is 1. The predicted octanol–water partition coefficient (Wildman–Crippen LogP) is 1.24. The largest absolute Gasteiger partial charge is 0.444 e. The molecule has 5 heteroatoms. The van der Waals surface area contributed by atoms with Crippen molar-refractivity contribution < 1.29 is 9.53 Å². The molecule has 0 bridgehead atoms. The minimum absolute atomic E-state index is 0.285. The van der Waals surface area contributed by atoms with Crippen molar-refractivity contribution in [2.45, 2.75) is 51.7 Å². The molecule has 106 valence electrons. The molecule has 1 amide bonds. The summed E-state index contributed by atoms with van der Waals surface area (Å²) in [5.74, 6) is 0. The van der Waals surface area contributed by atoms with E-state index in [2.05, 4.69) is 16.0 Å². The molecule has 1 aliphatic heterocycles. The number of hydrogen-bond donors (Lipinski definition) is 3. The van der Waals surface area contributed by atoms with E-state index >= 15 is 0 Å². The molecular weight excluding hydrogens is 230 g/mol. The lowest BCUT2D eigenvalue weighted by atomic mass is 9.93. The number of piperazine rings is 1. The second-order valence-corrected chi connectivity index (χ2v) is 5.77. The number of carbonyl (C=O) groups is 1. The van der Waals surface area contributed by atoms with Gasteiger partial charge in [0.1, 0.15) is 5.60 Å². The molecule has 0 radical (unpaired) electrons. The van der Waals surface area contributed by atoms with E-state index in [9.17, 15) is 4.79 Å². The van der Waals surface area contributed by atoms with Crippen molar-refractivity contribution in [3.8, 4) is 0 Å². The van der Waals surface area contributed by atoms with Crippen LogP contribution in [0.5, 0.6) is 0 Å². The van der Waals surface area contributed by atoms with Crippen molar-refractivity contribution in [2.75, 3.05) is 26.2 Å². The average Bonchev–Trinajstić information content (AvgIpc) is 2.25.